The van der Waals surface area contributed by atoms with Crippen LogP contribution in [0.2, 0.25) is 0 Å². The van der Waals surface area contributed by atoms with E-state index in [1.54, 1.807) is 0 Å². The largest absolute Gasteiger partial charge is 0.376 e. The molecule has 2 heteroatoms. The van der Waals surface area contributed by atoms with E-state index in [0.29, 0.717) is 6.61 Å². The molecule has 20 heavy (non-hydrogen) atoms. The zero-order valence-electron chi connectivity index (χ0n) is 14.2. The number of hydrogen-bond acceptors (Lipinski definition) is 2. The molecule has 0 fully saturated rings. The maximum absolute atomic E-state index is 5.71. The lowest BCUT2D eigenvalue weighted by Gasteiger charge is -2.15. The van der Waals surface area contributed by atoms with Crippen LogP contribution in [0, 0.1) is 6.92 Å². The van der Waals surface area contributed by atoms with Crippen LogP contribution in [0.15, 0.2) is 0 Å². The molecule has 0 aromatic heterocycles. The summed E-state index contributed by atoms with van der Waals surface area (Å²) in [7, 11) is 0. The van der Waals surface area contributed by atoms with Gasteiger partial charge in [-0.2, -0.15) is 0 Å². The Morgan fingerprint density at radius 3 is 1.75 bits per heavy atom. The molecule has 0 aromatic rings. The molecule has 0 spiro atoms. The lowest BCUT2D eigenvalue weighted by Crippen LogP contribution is -2.19. The van der Waals surface area contributed by atoms with Gasteiger partial charge in [0.15, 0.2) is 0 Å². The lowest BCUT2D eigenvalue weighted by atomic mass is 10.1. The zero-order chi connectivity index (χ0) is 15.1. The van der Waals surface area contributed by atoms with Gasteiger partial charge >= 0.3 is 0 Å². The van der Waals surface area contributed by atoms with Gasteiger partial charge in [0.1, 0.15) is 0 Å². The summed E-state index contributed by atoms with van der Waals surface area (Å²) >= 11 is 0. The first kappa shape index (κ1) is 19.9. The minimum Gasteiger partial charge on any atom is -0.376 e. The molecule has 0 saturated heterocycles. The average molecular weight is 285 g/mol. The molecule has 2 nitrogen and oxygen atoms in total. The van der Waals surface area contributed by atoms with Crippen LogP contribution in [0.4, 0.5) is 0 Å². The third-order valence-electron chi connectivity index (χ3n) is 3.52. The summed E-state index contributed by atoms with van der Waals surface area (Å²) in [5.41, 5.74) is 0. The van der Waals surface area contributed by atoms with E-state index in [4.69, 9.17) is 9.47 Å². The first-order valence-electron chi connectivity index (χ1n) is 8.73. The Morgan fingerprint density at radius 1 is 0.750 bits per heavy atom. The molecule has 0 bridgehead atoms. The summed E-state index contributed by atoms with van der Waals surface area (Å²) < 4.78 is 11.1. The Balaban J connectivity index is 3.09. The highest BCUT2D eigenvalue weighted by atomic mass is 16.5. The standard InChI is InChI=1S/C18H37O2/c1-5-6-7-8-9-10-11-12-13-14-15-19-18(4)16-20-17(2)3/h17-18H,2,5-16H2,1,3-4H3. The molecule has 0 amide bonds. The normalized spacial score (nSPS) is 13.1. The molecule has 0 aliphatic heterocycles. The Morgan fingerprint density at radius 2 is 1.25 bits per heavy atom. The number of unbranched alkanes of at least 4 members (excludes halogenated alkanes) is 9. The molecule has 121 valence electrons. The lowest BCUT2D eigenvalue weighted by molar-refractivity contribution is -0.0211. The average Bonchev–Trinajstić information content (AvgIpc) is 2.42. The molecular formula is C18H37O2. The second-order valence-corrected chi connectivity index (χ2v) is 6.01. The van der Waals surface area contributed by atoms with Gasteiger partial charge in [0.25, 0.3) is 0 Å². The van der Waals surface area contributed by atoms with Crippen molar-refractivity contribution in [2.24, 2.45) is 0 Å². The third kappa shape index (κ3) is 16.0. The van der Waals surface area contributed by atoms with Crippen molar-refractivity contribution in [2.45, 2.75) is 97.2 Å². The summed E-state index contributed by atoms with van der Waals surface area (Å²) in [6, 6.07) is 0. The van der Waals surface area contributed by atoms with Crippen molar-refractivity contribution in [1.82, 2.24) is 0 Å². The molecule has 0 rings (SSSR count). The fourth-order valence-electron chi connectivity index (χ4n) is 2.22. The smallest absolute Gasteiger partial charge is 0.0780 e. The first-order valence-corrected chi connectivity index (χ1v) is 8.73. The van der Waals surface area contributed by atoms with Gasteiger partial charge in [0, 0.05) is 6.61 Å². The molecule has 1 radical (unpaired) electrons. The van der Waals surface area contributed by atoms with Crippen LogP contribution >= 0.6 is 0 Å². The van der Waals surface area contributed by atoms with Crippen LogP contribution in [0.1, 0.15) is 85.0 Å². The van der Waals surface area contributed by atoms with Crippen molar-refractivity contribution in [1.29, 1.82) is 0 Å². The van der Waals surface area contributed by atoms with Gasteiger partial charge in [-0.1, -0.05) is 64.7 Å². The Labute approximate surface area is 127 Å². The molecule has 2 atom stereocenters. The van der Waals surface area contributed by atoms with Crippen molar-refractivity contribution >= 4 is 0 Å². The predicted octanol–water partition coefficient (Wildman–Crippen LogP) is 5.55. The molecule has 2 unspecified atom stereocenters. The minimum absolute atomic E-state index is 0.0541. The summed E-state index contributed by atoms with van der Waals surface area (Å²) in [5.74, 6) is 0. The van der Waals surface area contributed by atoms with E-state index >= 15 is 0 Å². The van der Waals surface area contributed by atoms with Gasteiger partial charge < -0.3 is 9.47 Å². The van der Waals surface area contributed by atoms with E-state index in [2.05, 4.69) is 20.8 Å². The number of hydrogen-bond donors (Lipinski definition) is 0. The Hall–Kier alpha value is -0.0800. The van der Waals surface area contributed by atoms with E-state index in [1.807, 2.05) is 6.92 Å². The van der Waals surface area contributed by atoms with Gasteiger partial charge in [-0.3, -0.25) is 0 Å². The summed E-state index contributed by atoms with van der Waals surface area (Å²) in [4.78, 5) is 0. The second-order valence-electron chi connectivity index (χ2n) is 6.01. The van der Waals surface area contributed by atoms with Gasteiger partial charge in [0.05, 0.1) is 18.8 Å². The van der Waals surface area contributed by atoms with Gasteiger partial charge in [0.2, 0.25) is 0 Å². The maximum atomic E-state index is 5.71. The highest BCUT2D eigenvalue weighted by molar-refractivity contribution is 4.54. The fraction of sp³-hybridized carbons (Fsp3) is 0.944. The van der Waals surface area contributed by atoms with Crippen molar-refractivity contribution in [3.05, 3.63) is 6.92 Å². The fourth-order valence-corrected chi connectivity index (χ4v) is 2.22. The topological polar surface area (TPSA) is 18.5 Å². The minimum atomic E-state index is 0.0541. The molecular weight excluding hydrogens is 248 g/mol. The van der Waals surface area contributed by atoms with Crippen LogP contribution in [0.3, 0.4) is 0 Å². The summed E-state index contributed by atoms with van der Waals surface area (Å²) in [6.07, 6.45) is 13.9. The number of rotatable bonds is 15. The summed E-state index contributed by atoms with van der Waals surface area (Å²) in [5, 5.41) is 0. The van der Waals surface area contributed by atoms with Crippen LogP contribution < -0.4 is 0 Å². The van der Waals surface area contributed by atoms with E-state index in [0.717, 1.165) is 6.61 Å². The van der Waals surface area contributed by atoms with Crippen molar-refractivity contribution in [3.8, 4) is 0 Å². The maximum Gasteiger partial charge on any atom is 0.0780 e. The van der Waals surface area contributed by atoms with Gasteiger partial charge in [-0.05, 0) is 27.2 Å². The molecule has 0 aliphatic carbocycles. The quantitative estimate of drug-likeness (QED) is 0.367. The van der Waals surface area contributed by atoms with Crippen molar-refractivity contribution < 1.29 is 9.47 Å². The highest BCUT2D eigenvalue weighted by Crippen LogP contribution is 2.10. The third-order valence-corrected chi connectivity index (χ3v) is 3.52. The van der Waals surface area contributed by atoms with Crippen molar-refractivity contribution in [2.75, 3.05) is 13.2 Å². The van der Waals surface area contributed by atoms with E-state index in [-0.39, 0.29) is 12.2 Å². The summed E-state index contributed by atoms with van der Waals surface area (Å²) in [6.45, 7) is 11.6. The van der Waals surface area contributed by atoms with Crippen LogP contribution in [0.25, 0.3) is 0 Å². The zero-order valence-corrected chi connectivity index (χ0v) is 14.2. The second kappa shape index (κ2) is 15.3. The monoisotopic (exact) mass is 285 g/mol. The predicted molar refractivity (Wildman–Crippen MR) is 88.0 cm³/mol. The molecule has 0 saturated carbocycles. The van der Waals surface area contributed by atoms with Gasteiger partial charge in [-0.15, -0.1) is 0 Å². The van der Waals surface area contributed by atoms with Crippen molar-refractivity contribution in [3.63, 3.8) is 0 Å². The van der Waals surface area contributed by atoms with Gasteiger partial charge in [-0.25, -0.2) is 0 Å². The Kier molecular flexibility index (Phi) is 15.3. The SMILES string of the molecule is [CH2]C(C)OCC(C)OCCCCCCCCCCCC. The van der Waals surface area contributed by atoms with E-state index in [9.17, 15) is 0 Å². The van der Waals surface area contributed by atoms with E-state index < -0.39 is 0 Å². The van der Waals surface area contributed by atoms with E-state index in [1.165, 1.54) is 64.2 Å². The number of ether oxygens (including phenoxy) is 2. The molecule has 0 heterocycles. The van der Waals surface area contributed by atoms with Crippen LogP contribution in [-0.2, 0) is 9.47 Å². The molecule has 0 N–H and O–H groups in total. The molecule has 0 aromatic carbocycles. The highest BCUT2D eigenvalue weighted by Gasteiger charge is 2.03. The first-order chi connectivity index (χ1) is 9.66. The van der Waals surface area contributed by atoms with Crippen LogP contribution in [-0.4, -0.2) is 25.4 Å². The molecule has 0 aliphatic rings. The van der Waals surface area contributed by atoms with Crippen LogP contribution in [0.5, 0.6) is 0 Å². The Bertz CT molecular complexity index is 180.